The van der Waals surface area contributed by atoms with Gasteiger partial charge < -0.3 is 15.2 Å². The number of benzene rings is 2. The molecule has 0 spiro atoms. The van der Waals surface area contributed by atoms with Crippen molar-refractivity contribution in [3.05, 3.63) is 78.1 Å². The van der Waals surface area contributed by atoms with Crippen molar-refractivity contribution in [2.75, 3.05) is 11.9 Å². The molecule has 0 amide bonds. The molecule has 0 bridgehead atoms. The summed E-state index contributed by atoms with van der Waals surface area (Å²) in [5, 5.41) is 14.3. The number of carbonyl (C=O) groups excluding carboxylic acids is 1. The summed E-state index contributed by atoms with van der Waals surface area (Å²) in [5.41, 5.74) is 5.25. The Balaban J connectivity index is 1.83. The van der Waals surface area contributed by atoms with E-state index in [1.54, 1.807) is 12.4 Å². The number of aliphatic hydroxyl groups excluding tert-OH is 1. The van der Waals surface area contributed by atoms with E-state index < -0.39 is 0 Å². The summed E-state index contributed by atoms with van der Waals surface area (Å²) in [6.07, 6.45) is 5.78. The fourth-order valence-electron chi connectivity index (χ4n) is 3.83. The molecular formula is C28H29N3O3. The van der Waals surface area contributed by atoms with E-state index in [0.717, 1.165) is 40.6 Å². The molecule has 0 atom stereocenters. The zero-order valence-corrected chi connectivity index (χ0v) is 19.5. The maximum absolute atomic E-state index is 12.7. The molecule has 6 heteroatoms. The van der Waals surface area contributed by atoms with Crippen molar-refractivity contribution in [2.45, 2.75) is 39.7 Å². The van der Waals surface area contributed by atoms with E-state index in [1.807, 2.05) is 61.5 Å². The fraction of sp³-hybridized carbons (Fsp3) is 0.250. The average molecular weight is 456 g/mol. The van der Waals surface area contributed by atoms with Gasteiger partial charge in [0.05, 0.1) is 30.0 Å². The van der Waals surface area contributed by atoms with Gasteiger partial charge in [0.15, 0.2) is 5.78 Å². The molecule has 4 rings (SSSR count). The van der Waals surface area contributed by atoms with Crippen LogP contribution in [0.4, 0.5) is 11.4 Å². The van der Waals surface area contributed by atoms with Gasteiger partial charge >= 0.3 is 0 Å². The number of aromatic nitrogens is 2. The number of anilines is 2. The van der Waals surface area contributed by atoms with Crippen LogP contribution in [-0.2, 0) is 6.61 Å². The van der Waals surface area contributed by atoms with E-state index in [9.17, 15) is 9.90 Å². The highest BCUT2D eigenvalue weighted by atomic mass is 16.5. The highest BCUT2D eigenvalue weighted by molar-refractivity contribution is 6.09. The van der Waals surface area contributed by atoms with Gasteiger partial charge in [-0.2, -0.15) is 0 Å². The van der Waals surface area contributed by atoms with Gasteiger partial charge in [-0.3, -0.25) is 9.78 Å². The fourth-order valence-corrected chi connectivity index (χ4v) is 3.83. The first-order valence-electron chi connectivity index (χ1n) is 11.7. The SMILES string of the molecule is CCCCOc1ccc(-c2cc3c(Nc4ccccc4)c(C(=O)CC)cnc3cc2CO)cn1. The first kappa shape index (κ1) is 23.4. The summed E-state index contributed by atoms with van der Waals surface area (Å²) in [6, 6.07) is 17.4. The van der Waals surface area contributed by atoms with Crippen LogP contribution in [0.1, 0.15) is 49.0 Å². The van der Waals surface area contributed by atoms with E-state index in [1.165, 1.54) is 0 Å². The maximum atomic E-state index is 12.7. The molecule has 0 radical (unpaired) electrons. The number of nitrogens with zero attached hydrogens (tertiary/aromatic N) is 2. The first-order chi connectivity index (χ1) is 16.6. The zero-order valence-electron chi connectivity index (χ0n) is 19.5. The predicted octanol–water partition coefficient (Wildman–Crippen LogP) is 6.30. The van der Waals surface area contributed by atoms with Gasteiger partial charge in [-0.05, 0) is 47.9 Å². The number of pyridine rings is 2. The monoisotopic (exact) mass is 455 g/mol. The Bertz CT molecular complexity index is 1270. The quantitative estimate of drug-likeness (QED) is 0.215. The molecule has 0 fully saturated rings. The van der Waals surface area contributed by atoms with E-state index in [2.05, 4.69) is 22.2 Å². The van der Waals surface area contributed by atoms with Crippen molar-refractivity contribution in [1.82, 2.24) is 9.97 Å². The molecule has 0 aliphatic rings. The van der Waals surface area contributed by atoms with E-state index in [-0.39, 0.29) is 12.4 Å². The van der Waals surface area contributed by atoms with Crippen molar-refractivity contribution in [2.24, 2.45) is 0 Å². The predicted molar refractivity (Wildman–Crippen MR) is 136 cm³/mol. The second-order valence-electron chi connectivity index (χ2n) is 8.09. The van der Waals surface area contributed by atoms with Crippen LogP contribution in [0, 0.1) is 0 Å². The first-order valence-corrected chi connectivity index (χ1v) is 11.7. The molecular weight excluding hydrogens is 426 g/mol. The Morgan fingerprint density at radius 1 is 1.03 bits per heavy atom. The third-order valence-corrected chi connectivity index (χ3v) is 5.72. The third kappa shape index (κ3) is 5.07. The molecule has 2 N–H and O–H groups in total. The molecule has 34 heavy (non-hydrogen) atoms. The lowest BCUT2D eigenvalue weighted by Gasteiger charge is -2.17. The smallest absolute Gasteiger partial charge is 0.213 e. The molecule has 2 aromatic heterocycles. The second kappa shape index (κ2) is 10.9. The molecule has 0 aliphatic carbocycles. The molecule has 2 heterocycles. The van der Waals surface area contributed by atoms with Gasteiger partial charge in [0.2, 0.25) is 5.88 Å². The normalized spacial score (nSPS) is 10.9. The third-order valence-electron chi connectivity index (χ3n) is 5.72. The maximum Gasteiger partial charge on any atom is 0.213 e. The lowest BCUT2D eigenvalue weighted by Crippen LogP contribution is -2.05. The number of Topliss-reactive ketones (excluding diaryl/α,β-unsaturated/α-hetero) is 1. The number of ether oxygens (including phenoxy) is 1. The topological polar surface area (TPSA) is 84.3 Å². The number of para-hydroxylation sites is 1. The Morgan fingerprint density at radius 2 is 1.85 bits per heavy atom. The highest BCUT2D eigenvalue weighted by Gasteiger charge is 2.17. The van der Waals surface area contributed by atoms with E-state index in [4.69, 9.17) is 4.74 Å². The van der Waals surface area contributed by atoms with Gasteiger partial charge in [0, 0.05) is 41.5 Å². The Hall–Kier alpha value is -3.77. The van der Waals surface area contributed by atoms with Crippen LogP contribution >= 0.6 is 0 Å². The van der Waals surface area contributed by atoms with Gasteiger partial charge in [-0.15, -0.1) is 0 Å². The number of fused-ring (bicyclic) bond motifs is 1. The number of aliphatic hydroxyl groups is 1. The summed E-state index contributed by atoms with van der Waals surface area (Å²) in [7, 11) is 0. The largest absolute Gasteiger partial charge is 0.478 e. The highest BCUT2D eigenvalue weighted by Crippen LogP contribution is 2.35. The molecule has 0 saturated heterocycles. The molecule has 0 saturated carbocycles. The molecule has 0 aliphatic heterocycles. The zero-order chi connectivity index (χ0) is 23.9. The van der Waals surface area contributed by atoms with Crippen molar-refractivity contribution < 1.29 is 14.6 Å². The van der Waals surface area contributed by atoms with Crippen LogP contribution in [-0.4, -0.2) is 27.5 Å². The van der Waals surface area contributed by atoms with Crippen LogP contribution in [0.25, 0.3) is 22.0 Å². The van der Waals surface area contributed by atoms with Crippen molar-refractivity contribution in [3.63, 3.8) is 0 Å². The lowest BCUT2D eigenvalue weighted by atomic mass is 9.96. The van der Waals surface area contributed by atoms with Crippen molar-refractivity contribution in [3.8, 4) is 17.0 Å². The average Bonchev–Trinajstić information content (AvgIpc) is 2.89. The molecule has 4 aromatic rings. The Kier molecular flexibility index (Phi) is 7.50. The lowest BCUT2D eigenvalue weighted by molar-refractivity contribution is 0.0988. The van der Waals surface area contributed by atoms with Gasteiger partial charge in [-0.25, -0.2) is 4.98 Å². The Labute approximate surface area is 199 Å². The van der Waals surface area contributed by atoms with Crippen molar-refractivity contribution in [1.29, 1.82) is 0 Å². The number of carbonyl (C=O) groups is 1. The Morgan fingerprint density at radius 3 is 2.53 bits per heavy atom. The number of nitrogens with one attached hydrogen (secondary N) is 1. The van der Waals surface area contributed by atoms with E-state index in [0.29, 0.717) is 35.7 Å². The van der Waals surface area contributed by atoms with Crippen LogP contribution in [0.3, 0.4) is 0 Å². The number of hydrogen-bond donors (Lipinski definition) is 2. The standard InChI is InChI=1S/C28H29N3O3/c1-3-5-13-34-27-12-11-19(16-30-27)22-15-23-25(14-20(22)18-32)29-17-24(26(33)4-2)28(23)31-21-9-7-6-8-10-21/h6-12,14-17,32H,3-5,13,18H2,1-2H3,(H,29,31). The number of hydrogen-bond acceptors (Lipinski definition) is 6. The van der Waals surface area contributed by atoms with Crippen LogP contribution in [0.5, 0.6) is 5.88 Å². The summed E-state index contributed by atoms with van der Waals surface area (Å²) in [6.45, 7) is 4.45. The number of rotatable bonds is 10. The second-order valence-corrected chi connectivity index (χ2v) is 8.09. The van der Waals surface area contributed by atoms with Crippen molar-refractivity contribution >= 4 is 28.1 Å². The minimum atomic E-state index is -0.140. The number of ketones is 1. The van der Waals surface area contributed by atoms with Crippen LogP contribution in [0.2, 0.25) is 0 Å². The molecule has 2 aromatic carbocycles. The summed E-state index contributed by atoms with van der Waals surface area (Å²) < 4.78 is 5.69. The summed E-state index contributed by atoms with van der Waals surface area (Å²) in [4.78, 5) is 21.7. The minimum absolute atomic E-state index is 0.0101. The van der Waals surface area contributed by atoms with Gasteiger partial charge in [-0.1, -0.05) is 38.5 Å². The molecule has 0 unspecified atom stereocenters. The van der Waals surface area contributed by atoms with Crippen LogP contribution in [0.15, 0.2) is 67.0 Å². The summed E-state index contributed by atoms with van der Waals surface area (Å²) >= 11 is 0. The number of unbranched alkanes of at least 4 members (excludes halogenated alkanes) is 1. The minimum Gasteiger partial charge on any atom is -0.478 e. The van der Waals surface area contributed by atoms with Gasteiger partial charge in [0.1, 0.15) is 0 Å². The molecule has 6 nitrogen and oxygen atoms in total. The summed E-state index contributed by atoms with van der Waals surface area (Å²) in [5.74, 6) is 0.586. The van der Waals surface area contributed by atoms with Crippen LogP contribution < -0.4 is 10.1 Å². The van der Waals surface area contributed by atoms with E-state index >= 15 is 0 Å². The van der Waals surface area contributed by atoms with Gasteiger partial charge in [0.25, 0.3) is 0 Å². The molecule has 174 valence electrons.